The first-order chi connectivity index (χ1) is 11.5. The van der Waals surface area contributed by atoms with Crippen LogP contribution in [0.3, 0.4) is 0 Å². The number of hydrogen-bond donors (Lipinski definition) is 1. The molecule has 7 nitrogen and oxygen atoms in total. The molecule has 1 aliphatic rings. The van der Waals surface area contributed by atoms with Gasteiger partial charge >= 0.3 is 6.09 Å². The lowest BCUT2D eigenvalue weighted by Crippen LogP contribution is -2.45. The summed E-state index contributed by atoms with van der Waals surface area (Å²) in [5, 5.41) is 2.73. The van der Waals surface area contributed by atoms with Crippen molar-refractivity contribution in [3.05, 3.63) is 24.3 Å². The van der Waals surface area contributed by atoms with Gasteiger partial charge in [0.1, 0.15) is 11.6 Å². The Morgan fingerprint density at radius 2 is 1.80 bits per heavy atom. The van der Waals surface area contributed by atoms with Gasteiger partial charge in [-0.25, -0.2) is 13.2 Å². The smallest absolute Gasteiger partial charge is 0.410 e. The molecule has 0 aromatic heterocycles. The van der Waals surface area contributed by atoms with Crippen LogP contribution in [-0.4, -0.2) is 49.8 Å². The molecule has 1 aliphatic heterocycles. The minimum Gasteiger partial charge on any atom is -0.444 e. The van der Waals surface area contributed by atoms with Crippen LogP contribution in [0.2, 0.25) is 0 Å². The zero-order chi connectivity index (χ0) is 18.8. The molecule has 2 rings (SSSR count). The number of nitrogens with one attached hydrogen (secondary N) is 1. The van der Waals surface area contributed by atoms with Crippen molar-refractivity contribution >= 4 is 27.5 Å². The third-order valence-electron chi connectivity index (χ3n) is 3.73. The van der Waals surface area contributed by atoms with Crippen LogP contribution in [-0.2, 0) is 19.4 Å². The van der Waals surface area contributed by atoms with Gasteiger partial charge in [-0.3, -0.25) is 9.69 Å². The van der Waals surface area contributed by atoms with Crippen molar-refractivity contribution in [1.82, 2.24) is 4.90 Å². The number of rotatable bonds is 3. The largest absolute Gasteiger partial charge is 0.444 e. The molecular weight excluding hydrogens is 344 g/mol. The normalized spacial score (nSPS) is 18.1. The second-order valence-electron chi connectivity index (χ2n) is 7.12. The molecular formula is C17H24N2O5S. The summed E-state index contributed by atoms with van der Waals surface area (Å²) in [6, 6.07) is 5.34. The van der Waals surface area contributed by atoms with E-state index in [-0.39, 0.29) is 10.8 Å². The fourth-order valence-electron chi connectivity index (χ4n) is 2.59. The summed E-state index contributed by atoms with van der Waals surface area (Å²) in [5.41, 5.74) is -0.143. The Hall–Kier alpha value is -2.09. The molecule has 1 unspecified atom stereocenters. The SMILES string of the molecule is CC(C)(C)OC(=O)N1CCCC1C(=O)Nc1ccc(S(C)(=O)=O)cc1. The van der Waals surface area contributed by atoms with E-state index in [1.54, 1.807) is 20.8 Å². The minimum atomic E-state index is -3.28. The van der Waals surface area contributed by atoms with Gasteiger partial charge in [-0.05, 0) is 57.9 Å². The van der Waals surface area contributed by atoms with E-state index < -0.39 is 27.6 Å². The molecule has 0 aliphatic carbocycles. The maximum absolute atomic E-state index is 12.5. The molecule has 1 aromatic rings. The number of sulfone groups is 1. The lowest BCUT2D eigenvalue weighted by atomic mass is 10.2. The van der Waals surface area contributed by atoms with Crippen LogP contribution in [0, 0.1) is 0 Å². The van der Waals surface area contributed by atoms with Crippen molar-refractivity contribution < 1.29 is 22.7 Å². The molecule has 138 valence electrons. The molecule has 0 spiro atoms. The molecule has 0 radical (unpaired) electrons. The van der Waals surface area contributed by atoms with E-state index in [0.717, 1.165) is 12.7 Å². The maximum atomic E-state index is 12.5. The summed E-state index contributed by atoms with van der Waals surface area (Å²) in [6.07, 6.45) is 1.91. The van der Waals surface area contributed by atoms with Crippen molar-refractivity contribution in [3.63, 3.8) is 0 Å². The van der Waals surface area contributed by atoms with Crippen LogP contribution < -0.4 is 5.32 Å². The molecule has 0 saturated carbocycles. The van der Waals surface area contributed by atoms with Gasteiger partial charge in [0.05, 0.1) is 4.90 Å². The van der Waals surface area contributed by atoms with E-state index in [1.807, 2.05) is 0 Å². The highest BCUT2D eigenvalue weighted by molar-refractivity contribution is 7.90. The first-order valence-electron chi connectivity index (χ1n) is 8.08. The Bertz CT molecular complexity index is 750. The van der Waals surface area contributed by atoms with Crippen molar-refractivity contribution in [2.24, 2.45) is 0 Å². The Labute approximate surface area is 148 Å². The van der Waals surface area contributed by atoms with Crippen LogP contribution in [0.5, 0.6) is 0 Å². The molecule has 1 aromatic carbocycles. The molecule has 1 atom stereocenters. The second-order valence-corrected chi connectivity index (χ2v) is 9.13. The minimum absolute atomic E-state index is 0.182. The van der Waals surface area contributed by atoms with Gasteiger partial charge in [0.25, 0.3) is 0 Å². The van der Waals surface area contributed by atoms with E-state index in [2.05, 4.69) is 5.32 Å². The molecule has 8 heteroatoms. The molecule has 1 heterocycles. The number of hydrogen-bond acceptors (Lipinski definition) is 5. The zero-order valence-electron chi connectivity index (χ0n) is 14.9. The summed E-state index contributed by atoms with van der Waals surface area (Å²) >= 11 is 0. The summed E-state index contributed by atoms with van der Waals surface area (Å²) in [7, 11) is -3.28. The van der Waals surface area contributed by atoms with Gasteiger partial charge in [0.15, 0.2) is 9.84 Å². The van der Waals surface area contributed by atoms with E-state index in [0.29, 0.717) is 18.7 Å². The highest BCUT2D eigenvalue weighted by Gasteiger charge is 2.36. The lowest BCUT2D eigenvalue weighted by Gasteiger charge is -2.28. The standard InChI is InChI=1S/C17H24N2O5S/c1-17(2,3)24-16(21)19-11-5-6-14(19)15(20)18-12-7-9-13(10-8-12)25(4,22)23/h7-10,14H,5-6,11H2,1-4H3,(H,18,20). The number of benzene rings is 1. The Morgan fingerprint density at radius 1 is 1.20 bits per heavy atom. The van der Waals surface area contributed by atoms with Gasteiger partial charge < -0.3 is 10.1 Å². The Morgan fingerprint density at radius 3 is 2.32 bits per heavy atom. The molecule has 1 saturated heterocycles. The van der Waals surface area contributed by atoms with Gasteiger partial charge in [0, 0.05) is 18.5 Å². The van der Waals surface area contributed by atoms with Crippen molar-refractivity contribution in [2.75, 3.05) is 18.1 Å². The van der Waals surface area contributed by atoms with Crippen LogP contribution in [0.25, 0.3) is 0 Å². The third kappa shape index (κ3) is 5.19. The van der Waals surface area contributed by atoms with Gasteiger partial charge in [-0.1, -0.05) is 0 Å². The fourth-order valence-corrected chi connectivity index (χ4v) is 3.22. The molecule has 0 bridgehead atoms. The van der Waals surface area contributed by atoms with E-state index in [9.17, 15) is 18.0 Å². The van der Waals surface area contributed by atoms with Crippen molar-refractivity contribution in [3.8, 4) is 0 Å². The highest BCUT2D eigenvalue weighted by Crippen LogP contribution is 2.22. The summed E-state index contributed by atoms with van der Waals surface area (Å²) < 4.78 is 28.3. The fraction of sp³-hybridized carbons (Fsp3) is 0.529. The number of amides is 2. The number of nitrogens with zero attached hydrogens (tertiary/aromatic N) is 1. The van der Waals surface area contributed by atoms with E-state index in [1.165, 1.54) is 29.2 Å². The van der Waals surface area contributed by atoms with E-state index >= 15 is 0 Å². The third-order valence-corrected chi connectivity index (χ3v) is 4.86. The van der Waals surface area contributed by atoms with Crippen molar-refractivity contribution in [2.45, 2.75) is 50.2 Å². The number of likely N-dealkylation sites (tertiary alicyclic amines) is 1. The van der Waals surface area contributed by atoms with Crippen LogP contribution >= 0.6 is 0 Å². The Balaban J connectivity index is 2.05. The monoisotopic (exact) mass is 368 g/mol. The summed E-state index contributed by atoms with van der Waals surface area (Å²) in [4.78, 5) is 26.4. The molecule has 1 N–H and O–H groups in total. The van der Waals surface area contributed by atoms with E-state index in [4.69, 9.17) is 4.74 Å². The molecule has 25 heavy (non-hydrogen) atoms. The average Bonchev–Trinajstić information content (AvgIpc) is 2.94. The quantitative estimate of drug-likeness (QED) is 0.884. The average molecular weight is 368 g/mol. The topological polar surface area (TPSA) is 92.8 Å². The highest BCUT2D eigenvalue weighted by atomic mass is 32.2. The summed E-state index contributed by atoms with van der Waals surface area (Å²) in [6.45, 7) is 5.80. The predicted molar refractivity (Wildman–Crippen MR) is 94.1 cm³/mol. The number of ether oxygens (including phenoxy) is 1. The van der Waals surface area contributed by atoms with Gasteiger partial charge in [-0.15, -0.1) is 0 Å². The van der Waals surface area contributed by atoms with Gasteiger partial charge in [-0.2, -0.15) is 0 Å². The lowest BCUT2D eigenvalue weighted by molar-refractivity contribution is -0.120. The Kier molecular flexibility index (Phi) is 5.41. The number of carbonyl (C=O) groups excluding carboxylic acids is 2. The zero-order valence-corrected chi connectivity index (χ0v) is 15.7. The maximum Gasteiger partial charge on any atom is 0.410 e. The molecule has 2 amide bonds. The summed E-state index contributed by atoms with van der Waals surface area (Å²) in [5.74, 6) is -0.310. The van der Waals surface area contributed by atoms with Crippen molar-refractivity contribution in [1.29, 1.82) is 0 Å². The van der Waals surface area contributed by atoms with Gasteiger partial charge in [0.2, 0.25) is 5.91 Å². The van der Waals surface area contributed by atoms with Crippen LogP contribution in [0.1, 0.15) is 33.6 Å². The first-order valence-corrected chi connectivity index (χ1v) is 9.97. The first kappa shape index (κ1) is 19.2. The second kappa shape index (κ2) is 7.03. The predicted octanol–water partition coefficient (Wildman–Crippen LogP) is 2.43. The molecule has 1 fully saturated rings. The number of anilines is 1. The number of carbonyl (C=O) groups is 2. The van der Waals surface area contributed by atoms with Crippen LogP contribution in [0.15, 0.2) is 29.2 Å². The van der Waals surface area contributed by atoms with Crippen LogP contribution in [0.4, 0.5) is 10.5 Å².